The average molecular weight is 290 g/mol. The van der Waals surface area contributed by atoms with Gasteiger partial charge in [-0.25, -0.2) is 0 Å². The maximum atomic E-state index is 12.4. The lowest BCUT2D eigenvalue weighted by atomic mass is 9.95. The van der Waals surface area contributed by atoms with Gasteiger partial charge >= 0.3 is 5.97 Å². The number of hydrogen-bond donors (Lipinski definition) is 2. The largest absolute Gasteiger partial charge is 0.481 e. The highest BCUT2D eigenvalue weighted by Gasteiger charge is 2.42. The first-order chi connectivity index (χ1) is 10.0. The fourth-order valence-electron chi connectivity index (χ4n) is 3.07. The van der Waals surface area contributed by atoms with Crippen LogP contribution in [0.25, 0.3) is 0 Å². The Morgan fingerprint density at radius 2 is 2.10 bits per heavy atom. The van der Waals surface area contributed by atoms with Crippen molar-refractivity contribution < 1.29 is 14.7 Å². The molecule has 0 spiro atoms. The molecule has 1 aromatic heterocycles. The number of carboxylic acid groups (broad SMARTS) is 1. The number of aromatic nitrogens is 1. The lowest BCUT2D eigenvalue weighted by Gasteiger charge is -2.19. The minimum absolute atomic E-state index is 0.170. The van der Waals surface area contributed by atoms with Crippen LogP contribution < -0.4 is 5.32 Å². The standard InChI is InChI=1S/C16H22N2O3/c1-3-11-8-12(13(9-11)16(20)21)15(19)18-10(2)14-6-4-5-7-17-14/h4-7,10-13H,3,8-9H2,1-2H3,(H,18,19)(H,20,21)/t10-,11?,12?,13?/m1/s1. The Labute approximate surface area is 124 Å². The van der Waals surface area contributed by atoms with E-state index in [0.717, 1.165) is 12.1 Å². The third kappa shape index (κ3) is 3.60. The van der Waals surface area contributed by atoms with Gasteiger partial charge in [-0.2, -0.15) is 0 Å². The molecule has 2 N–H and O–H groups in total. The fraction of sp³-hybridized carbons (Fsp3) is 0.562. The van der Waals surface area contributed by atoms with Gasteiger partial charge in [0.15, 0.2) is 0 Å². The lowest BCUT2D eigenvalue weighted by Crippen LogP contribution is -2.36. The third-order valence-electron chi connectivity index (χ3n) is 4.38. The number of rotatable bonds is 5. The van der Waals surface area contributed by atoms with E-state index in [1.54, 1.807) is 6.20 Å². The SMILES string of the molecule is CCC1CC(C(=O)O)C(C(=O)N[C@H](C)c2ccccn2)C1. The van der Waals surface area contributed by atoms with Gasteiger partial charge in [-0.15, -0.1) is 0 Å². The molecule has 5 heteroatoms. The van der Waals surface area contributed by atoms with Gasteiger partial charge in [0.05, 0.1) is 23.6 Å². The van der Waals surface area contributed by atoms with Gasteiger partial charge in [0.25, 0.3) is 0 Å². The summed E-state index contributed by atoms with van der Waals surface area (Å²) < 4.78 is 0. The smallest absolute Gasteiger partial charge is 0.307 e. The molecule has 3 unspecified atom stereocenters. The van der Waals surface area contributed by atoms with Crippen LogP contribution in [0.1, 0.15) is 44.8 Å². The van der Waals surface area contributed by atoms with Crippen LogP contribution in [0.4, 0.5) is 0 Å². The van der Waals surface area contributed by atoms with Gasteiger partial charge in [-0.05, 0) is 37.8 Å². The zero-order valence-corrected chi connectivity index (χ0v) is 12.5. The molecule has 1 saturated carbocycles. The van der Waals surface area contributed by atoms with Crippen LogP contribution in [-0.2, 0) is 9.59 Å². The van der Waals surface area contributed by atoms with E-state index in [-0.39, 0.29) is 11.9 Å². The van der Waals surface area contributed by atoms with E-state index in [2.05, 4.69) is 10.3 Å². The minimum atomic E-state index is -0.864. The van der Waals surface area contributed by atoms with Crippen molar-refractivity contribution >= 4 is 11.9 Å². The predicted molar refractivity (Wildman–Crippen MR) is 78.4 cm³/mol. The van der Waals surface area contributed by atoms with E-state index in [9.17, 15) is 14.7 Å². The molecule has 4 atom stereocenters. The molecule has 0 saturated heterocycles. The third-order valence-corrected chi connectivity index (χ3v) is 4.38. The number of nitrogens with zero attached hydrogens (tertiary/aromatic N) is 1. The van der Waals surface area contributed by atoms with Crippen molar-refractivity contribution in [1.82, 2.24) is 10.3 Å². The highest BCUT2D eigenvalue weighted by molar-refractivity contribution is 5.85. The summed E-state index contributed by atoms with van der Waals surface area (Å²) in [4.78, 5) is 28.0. The number of pyridine rings is 1. The summed E-state index contributed by atoms with van der Waals surface area (Å²) in [5.41, 5.74) is 0.780. The van der Waals surface area contributed by atoms with Crippen LogP contribution >= 0.6 is 0 Å². The van der Waals surface area contributed by atoms with Crippen LogP contribution in [0.3, 0.4) is 0 Å². The van der Waals surface area contributed by atoms with Gasteiger partial charge < -0.3 is 10.4 Å². The Morgan fingerprint density at radius 3 is 2.67 bits per heavy atom. The Morgan fingerprint density at radius 1 is 1.38 bits per heavy atom. The molecule has 1 aliphatic rings. The molecular formula is C16H22N2O3. The van der Waals surface area contributed by atoms with E-state index in [4.69, 9.17) is 0 Å². The van der Waals surface area contributed by atoms with Gasteiger partial charge in [0, 0.05) is 6.20 Å². The Bertz CT molecular complexity index is 504. The summed E-state index contributed by atoms with van der Waals surface area (Å²) in [6, 6.07) is 5.33. The number of carbonyl (C=O) groups is 2. The maximum absolute atomic E-state index is 12.4. The first kappa shape index (κ1) is 15.5. The van der Waals surface area contributed by atoms with E-state index in [1.165, 1.54) is 0 Å². The minimum Gasteiger partial charge on any atom is -0.481 e. The molecule has 21 heavy (non-hydrogen) atoms. The van der Waals surface area contributed by atoms with Crippen molar-refractivity contribution in [2.24, 2.45) is 17.8 Å². The first-order valence-electron chi connectivity index (χ1n) is 7.47. The molecule has 0 aliphatic heterocycles. The highest BCUT2D eigenvalue weighted by atomic mass is 16.4. The van der Waals surface area contributed by atoms with Gasteiger partial charge in [0.2, 0.25) is 5.91 Å². The molecular weight excluding hydrogens is 268 g/mol. The first-order valence-corrected chi connectivity index (χ1v) is 7.47. The molecule has 1 fully saturated rings. The van der Waals surface area contributed by atoms with Crippen molar-refractivity contribution in [2.75, 3.05) is 0 Å². The molecule has 1 amide bonds. The molecule has 0 bridgehead atoms. The van der Waals surface area contributed by atoms with Gasteiger partial charge in [-0.3, -0.25) is 14.6 Å². The van der Waals surface area contributed by atoms with Crippen molar-refractivity contribution in [3.05, 3.63) is 30.1 Å². The number of carboxylic acids is 1. The summed E-state index contributed by atoms with van der Waals surface area (Å²) in [6.07, 6.45) is 3.86. The van der Waals surface area contributed by atoms with E-state index in [1.807, 2.05) is 32.0 Å². The van der Waals surface area contributed by atoms with Crippen LogP contribution in [0.15, 0.2) is 24.4 Å². The molecule has 1 aromatic rings. The summed E-state index contributed by atoms with van der Waals surface area (Å²) >= 11 is 0. The molecule has 0 aromatic carbocycles. The number of aliphatic carboxylic acids is 1. The summed E-state index contributed by atoms with van der Waals surface area (Å²) in [6.45, 7) is 3.91. The van der Waals surface area contributed by atoms with Crippen LogP contribution in [0.2, 0.25) is 0 Å². The molecule has 1 aliphatic carbocycles. The zero-order valence-electron chi connectivity index (χ0n) is 12.5. The fourth-order valence-corrected chi connectivity index (χ4v) is 3.07. The topological polar surface area (TPSA) is 79.3 Å². The lowest BCUT2D eigenvalue weighted by molar-refractivity contribution is -0.146. The van der Waals surface area contributed by atoms with Crippen molar-refractivity contribution in [2.45, 2.75) is 39.2 Å². The number of carbonyl (C=O) groups excluding carboxylic acids is 1. The van der Waals surface area contributed by atoms with Crippen molar-refractivity contribution in [3.63, 3.8) is 0 Å². The molecule has 1 heterocycles. The maximum Gasteiger partial charge on any atom is 0.307 e. The van der Waals surface area contributed by atoms with Crippen molar-refractivity contribution in [1.29, 1.82) is 0 Å². The summed E-state index contributed by atoms with van der Waals surface area (Å²) in [7, 11) is 0. The van der Waals surface area contributed by atoms with Gasteiger partial charge in [0.1, 0.15) is 0 Å². The number of amides is 1. The molecule has 5 nitrogen and oxygen atoms in total. The quantitative estimate of drug-likeness (QED) is 0.872. The van der Waals surface area contributed by atoms with E-state index in [0.29, 0.717) is 18.8 Å². The molecule has 0 radical (unpaired) electrons. The monoisotopic (exact) mass is 290 g/mol. The number of hydrogen-bond acceptors (Lipinski definition) is 3. The number of nitrogens with one attached hydrogen (secondary N) is 1. The predicted octanol–water partition coefficient (Wildman–Crippen LogP) is 2.40. The zero-order chi connectivity index (χ0) is 15.4. The van der Waals surface area contributed by atoms with Crippen LogP contribution in [0.5, 0.6) is 0 Å². The van der Waals surface area contributed by atoms with Crippen LogP contribution in [-0.4, -0.2) is 22.0 Å². The molecule has 2 rings (SSSR count). The second-order valence-corrected chi connectivity index (χ2v) is 5.78. The average Bonchev–Trinajstić information content (AvgIpc) is 2.92. The van der Waals surface area contributed by atoms with E-state index < -0.39 is 17.8 Å². The second-order valence-electron chi connectivity index (χ2n) is 5.78. The summed E-state index contributed by atoms with van der Waals surface area (Å²) in [5.74, 6) is -1.70. The Kier molecular flexibility index (Phi) is 4.94. The van der Waals surface area contributed by atoms with Crippen LogP contribution in [0, 0.1) is 17.8 Å². The Hall–Kier alpha value is -1.91. The van der Waals surface area contributed by atoms with E-state index >= 15 is 0 Å². The van der Waals surface area contributed by atoms with Gasteiger partial charge in [-0.1, -0.05) is 19.4 Å². The normalized spacial score (nSPS) is 26.3. The second kappa shape index (κ2) is 6.70. The van der Waals surface area contributed by atoms with Crippen molar-refractivity contribution in [3.8, 4) is 0 Å². The Balaban J connectivity index is 2.03. The summed E-state index contributed by atoms with van der Waals surface area (Å²) in [5, 5.41) is 12.2. The highest BCUT2D eigenvalue weighted by Crippen LogP contribution is 2.38. The molecule has 114 valence electrons.